The van der Waals surface area contributed by atoms with Gasteiger partial charge in [-0.05, 0) is 67.6 Å². The van der Waals surface area contributed by atoms with Crippen LogP contribution < -0.4 is 10.1 Å². The van der Waals surface area contributed by atoms with Gasteiger partial charge in [-0.25, -0.2) is 0 Å². The van der Waals surface area contributed by atoms with Gasteiger partial charge in [0.15, 0.2) is 18.2 Å². The Morgan fingerprint density at radius 3 is 2.10 bits per heavy atom. The van der Waals surface area contributed by atoms with E-state index in [1.54, 1.807) is 72.8 Å². The lowest BCUT2D eigenvalue weighted by Crippen LogP contribution is -2.20. The Balaban J connectivity index is 1.56. The topological polar surface area (TPSA) is 72.5 Å². The molecular formula is C23H18ClNO4. The van der Waals surface area contributed by atoms with Crippen molar-refractivity contribution < 1.29 is 19.1 Å². The number of benzene rings is 3. The van der Waals surface area contributed by atoms with E-state index in [-0.39, 0.29) is 24.1 Å². The van der Waals surface area contributed by atoms with E-state index in [4.69, 9.17) is 16.3 Å². The summed E-state index contributed by atoms with van der Waals surface area (Å²) < 4.78 is 5.47. The van der Waals surface area contributed by atoms with E-state index in [0.29, 0.717) is 33.1 Å². The van der Waals surface area contributed by atoms with Crippen LogP contribution in [-0.2, 0) is 4.79 Å². The van der Waals surface area contributed by atoms with Gasteiger partial charge in [-0.1, -0.05) is 23.7 Å². The van der Waals surface area contributed by atoms with Gasteiger partial charge in [0.1, 0.15) is 5.75 Å². The fourth-order valence-corrected chi connectivity index (χ4v) is 2.76. The molecule has 0 unspecified atom stereocenters. The third kappa shape index (κ3) is 5.53. The molecule has 1 N–H and O–H groups in total. The molecule has 0 aliphatic rings. The molecule has 0 aliphatic heterocycles. The summed E-state index contributed by atoms with van der Waals surface area (Å²) in [6.45, 7) is 1.26. The summed E-state index contributed by atoms with van der Waals surface area (Å²) in [4.78, 5) is 35.9. The zero-order chi connectivity index (χ0) is 20.8. The number of ketones is 2. The van der Waals surface area contributed by atoms with Crippen LogP contribution in [0.5, 0.6) is 5.75 Å². The number of hydrogen-bond donors (Lipinski definition) is 1. The molecule has 0 bridgehead atoms. The highest BCUT2D eigenvalue weighted by Gasteiger charge is 2.10. The van der Waals surface area contributed by atoms with Gasteiger partial charge < -0.3 is 10.1 Å². The monoisotopic (exact) mass is 407 g/mol. The molecule has 6 heteroatoms. The Labute approximate surface area is 173 Å². The maximum Gasteiger partial charge on any atom is 0.262 e. The van der Waals surface area contributed by atoms with Gasteiger partial charge in [0, 0.05) is 27.4 Å². The number of carbonyl (C=O) groups excluding carboxylic acids is 3. The minimum Gasteiger partial charge on any atom is -0.484 e. The van der Waals surface area contributed by atoms with E-state index in [1.165, 1.54) is 6.92 Å². The first kappa shape index (κ1) is 20.3. The quantitative estimate of drug-likeness (QED) is 0.571. The van der Waals surface area contributed by atoms with Crippen LogP contribution in [0.1, 0.15) is 33.2 Å². The maximum absolute atomic E-state index is 12.4. The summed E-state index contributed by atoms with van der Waals surface area (Å²) >= 11 is 5.84. The van der Waals surface area contributed by atoms with Crippen LogP contribution in [0.25, 0.3) is 0 Å². The van der Waals surface area contributed by atoms with Gasteiger partial charge >= 0.3 is 0 Å². The SMILES string of the molecule is CC(=O)c1cccc(NC(=O)COc2ccc(C(=O)c3ccc(Cl)cc3)cc2)c1. The van der Waals surface area contributed by atoms with Gasteiger partial charge in [0.2, 0.25) is 0 Å². The lowest BCUT2D eigenvalue weighted by atomic mass is 10.0. The number of rotatable bonds is 7. The lowest BCUT2D eigenvalue weighted by molar-refractivity contribution is -0.118. The Morgan fingerprint density at radius 1 is 0.862 bits per heavy atom. The molecular weight excluding hydrogens is 390 g/mol. The molecule has 0 aromatic heterocycles. The largest absolute Gasteiger partial charge is 0.484 e. The summed E-state index contributed by atoms with van der Waals surface area (Å²) in [5.41, 5.74) is 2.08. The average Bonchev–Trinajstić information content (AvgIpc) is 2.73. The Hall–Kier alpha value is -3.44. The molecule has 0 heterocycles. The summed E-state index contributed by atoms with van der Waals surface area (Å²) in [5, 5.41) is 3.25. The first-order valence-electron chi connectivity index (χ1n) is 8.86. The molecule has 0 aliphatic carbocycles. The maximum atomic E-state index is 12.4. The molecule has 146 valence electrons. The van der Waals surface area contributed by atoms with E-state index in [2.05, 4.69) is 5.32 Å². The van der Waals surface area contributed by atoms with Crippen molar-refractivity contribution >= 4 is 34.8 Å². The van der Waals surface area contributed by atoms with Crippen molar-refractivity contribution in [3.63, 3.8) is 0 Å². The summed E-state index contributed by atoms with van der Waals surface area (Å²) in [5.74, 6) is -0.0980. The standard InChI is InChI=1S/C23H18ClNO4/c1-15(26)18-3-2-4-20(13-18)25-22(27)14-29-21-11-7-17(8-12-21)23(28)16-5-9-19(24)10-6-16/h2-13H,14H2,1H3,(H,25,27). The van der Waals surface area contributed by atoms with Gasteiger partial charge in [-0.15, -0.1) is 0 Å². The van der Waals surface area contributed by atoms with Crippen molar-refractivity contribution in [1.29, 1.82) is 0 Å². The number of halogens is 1. The van der Waals surface area contributed by atoms with Crippen molar-refractivity contribution in [2.24, 2.45) is 0 Å². The van der Waals surface area contributed by atoms with Crippen LogP contribution in [-0.4, -0.2) is 24.1 Å². The Kier molecular flexibility index (Phi) is 6.42. The number of nitrogens with one attached hydrogen (secondary N) is 1. The van der Waals surface area contributed by atoms with E-state index < -0.39 is 0 Å². The zero-order valence-corrected chi connectivity index (χ0v) is 16.4. The second-order valence-electron chi connectivity index (χ2n) is 6.33. The minimum atomic E-state index is -0.355. The van der Waals surface area contributed by atoms with Crippen LogP contribution >= 0.6 is 11.6 Å². The molecule has 0 saturated carbocycles. The summed E-state index contributed by atoms with van der Waals surface area (Å²) in [6, 6.07) is 19.9. The van der Waals surface area contributed by atoms with Crippen molar-refractivity contribution in [2.45, 2.75) is 6.92 Å². The molecule has 0 spiro atoms. The fourth-order valence-electron chi connectivity index (χ4n) is 2.63. The number of ether oxygens (including phenoxy) is 1. The lowest BCUT2D eigenvalue weighted by Gasteiger charge is -2.09. The molecule has 0 saturated heterocycles. The average molecular weight is 408 g/mol. The molecule has 3 rings (SSSR count). The highest BCUT2D eigenvalue weighted by molar-refractivity contribution is 6.30. The van der Waals surface area contributed by atoms with Crippen LogP contribution in [0.3, 0.4) is 0 Å². The van der Waals surface area contributed by atoms with Gasteiger partial charge in [-0.2, -0.15) is 0 Å². The van der Waals surface area contributed by atoms with Crippen molar-refractivity contribution in [2.75, 3.05) is 11.9 Å². The van der Waals surface area contributed by atoms with Crippen molar-refractivity contribution in [1.82, 2.24) is 0 Å². The fraction of sp³-hybridized carbons (Fsp3) is 0.0870. The van der Waals surface area contributed by atoms with Gasteiger partial charge in [0.25, 0.3) is 5.91 Å². The van der Waals surface area contributed by atoms with Crippen LogP contribution in [0.2, 0.25) is 5.02 Å². The third-order valence-corrected chi connectivity index (χ3v) is 4.40. The number of anilines is 1. The number of carbonyl (C=O) groups is 3. The molecule has 0 fully saturated rings. The number of amides is 1. The molecule has 0 radical (unpaired) electrons. The van der Waals surface area contributed by atoms with Crippen LogP contribution in [0.4, 0.5) is 5.69 Å². The molecule has 5 nitrogen and oxygen atoms in total. The second-order valence-corrected chi connectivity index (χ2v) is 6.77. The zero-order valence-electron chi connectivity index (χ0n) is 15.6. The van der Waals surface area contributed by atoms with E-state index in [9.17, 15) is 14.4 Å². The summed E-state index contributed by atoms with van der Waals surface area (Å²) in [6.07, 6.45) is 0. The highest BCUT2D eigenvalue weighted by Crippen LogP contribution is 2.17. The molecule has 1 amide bonds. The Morgan fingerprint density at radius 2 is 1.48 bits per heavy atom. The van der Waals surface area contributed by atoms with Gasteiger partial charge in [0.05, 0.1) is 0 Å². The minimum absolute atomic E-state index is 0.0782. The second kappa shape index (κ2) is 9.17. The number of Topliss-reactive ketones (excluding diaryl/α,β-unsaturated/α-hetero) is 1. The molecule has 0 atom stereocenters. The molecule has 3 aromatic carbocycles. The van der Waals surface area contributed by atoms with Crippen LogP contribution in [0, 0.1) is 0 Å². The first-order chi connectivity index (χ1) is 13.9. The third-order valence-electron chi connectivity index (χ3n) is 4.15. The Bertz CT molecular complexity index is 1040. The predicted molar refractivity (Wildman–Crippen MR) is 112 cm³/mol. The van der Waals surface area contributed by atoms with E-state index in [1.807, 2.05) is 0 Å². The van der Waals surface area contributed by atoms with Crippen LogP contribution in [0.15, 0.2) is 72.8 Å². The molecule has 29 heavy (non-hydrogen) atoms. The van der Waals surface area contributed by atoms with Crippen molar-refractivity contribution in [3.05, 3.63) is 94.5 Å². The number of hydrogen-bond acceptors (Lipinski definition) is 4. The highest BCUT2D eigenvalue weighted by atomic mass is 35.5. The normalized spacial score (nSPS) is 10.3. The van der Waals surface area contributed by atoms with E-state index in [0.717, 1.165) is 0 Å². The molecule has 3 aromatic rings. The van der Waals surface area contributed by atoms with Crippen molar-refractivity contribution in [3.8, 4) is 5.75 Å². The van der Waals surface area contributed by atoms with E-state index >= 15 is 0 Å². The van der Waals surface area contributed by atoms with Gasteiger partial charge in [-0.3, -0.25) is 14.4 Å². The smallest absolute Gasteiger partial charge is 0.262 e. The summed E-state index contributed by atoms with van der Waals surface area (Å²) in [7, 11) is 0. The first-order valence-corrected chi connectivity index (χ1v) is 9.24. The predicted octanol–water partition coefficient (Wildman–Crippen LogP) is 4.79.